The molecule has 0 spiro atoms. The maximum Gasteiger partial charge on any atom is 0.316 e. The summed E-state index contributed by atoms with van der Waals surface area (Å²) in [6.45, 7) is 6.31. The molecule has 110 valence electrons. The average molecular weight is 305 g/mol. The Hall–Kier alpha value is -0.330. The maximum atomic E-state index is 11.9. The van der Waals surface area contributed by atoms with Gasteiger partial charge in [-0.2, -0.15) is 0 Å². The van der Waals surface area contributed by atoms with Crippen LogP contribution in [0.5, 0.6) is 0 Å². The number of nitrogens with two attached hydrogens (primary N) is 1. The van der Waals surface area contributed by atoms with Crippen molar-refractivity contribution in [3.63, 3.8) is 0 Å². The molecule has 1 fully saturated rings. The zero-order valence-electron chi connectivity index (χ0n) is 12.3. The molecule has 0 aliphatic carbocycles. The monoisotopic (exact) mass is 305 g/mol. The molecule has 6 heteroatoms. The third-order valence-electron chi connectivity index (χ3n) is 3.48. The molecule has 1 saturated heterocycles. The number of carbonyl (C=O) groups is 1. The number of piperidine rings is 1. The Labute approximate surface area is 125 Å². The normalized spacial score (nSPS) is 17.1. The van der Waals surface area contributed by atoms with Gasteiger partial charge in [0.25, 0.3) is 0 Å². The molecule has 0 bridgehead atoms. The lowest BCUT2D eigenvalue weighted by molar-refractivity contribution is -0.665. The molecule has 1 rings (SSSR count). The van der Waals surface area contributed by atoms with E-state index in [2.05, 4.69) is 5.32 Å². The van der Waals surface area contributed by atoms with E-state index in [0.717, 1.165) is 25.9 Å². The van der Waals surface area contributed by atoms with E-state index in [-0.39, 0.29) is 11.6 Å². The summed E-state index contributed by atoms with van der Waals surface area (Å²) >= 11 is 6.50. The van der Waals surface area contributed by atoms with Crippen LogP contribution in [0.4, 0.5) is 0 Å². The predicted octanol–water partition coefficient (Wildman–Crippen LogP) is 0.861. The van der Waals surface area contributed by atoms with Gasteiger partial charge in [-0.3, -0.25) is 4.79 Å². The summed E-state index contributed by atoms with van der Waals surface area (Å²) in [5, 5.41) is 2.32. The van der Waals surface area contributed by atoms with Gasteiger partial charge in [0.2, 0.25) is 0 Å². The fraction of sp³-hybridized carbons (Fsp3) is 0.846. The number of hydrogen-bond donors (Lipinski definition) is 1. The molecule has 19 heavy (non-hydrogen) atoms. The number of hydrogen-bond acceptors (Lipinski definition) is 4. The predicted molar refractivity (Wildman–Crippen MR) is 83.3 cm³/mol. The Morgan fingerprint density at radius 1 is 1.42 bits per heavy atom. The van der Waals surface area contributed by atoms with Crippen molar-refractivity contribution in [1.82, 2.24) is 4.90 Å². The van der Waals surface area contributed by atoms with Crippen LogP contribution in [-0.4, -0.2) is 53.7 Å². The highest BCUT2D eigenvalue weighted by molar-refractivity contribution is 8.23. The number of rotatable bonds is 4. The number of ether oxygens (including phenoxy) is 1. The van der Waals surface area contributed by atoms with E-state index in [1.165, 1.54) is 11.8 Å². The van der Waals surface area contributed by atoms with Gasteiger partial charge in [-0.1, -0.05) is 24.0 Å². The Bertz CT molecular complexity index is 327. The number of esters is 1. The number of nitrogens with zero attached hydrogens (tertiary/aromatic N) is 1. The second-order valence-corrected chi connectivity index (χ2v) is 7.28. The lowest BCUT2D eigenvalue weighted by Gasteiger charge is -2.35. The molecule has 1 aliphatic rings. The molecule has 1 heterocycles. The topological polar surface area (TPSA) is 46.2 Å². The summed E-state index contributed by atoms with van der Waals surface area (Å²) in [5.74, 6) is 0.584. The first-order chi connectivity index (χ1) is 8.83. The van der Waals surface area contributed by atoms with E-state index in [4.69, 9.17) is 17.0 Å². The zero-order chi connectivity index (χ0) is 14.5. The van der Waals surface area contributed by atoms with Crippen molar-refractivity contribution < 1.29 is 14.8 Å². The molecule has 0 aromatic rings. The molecule has 0 atom stereocenters. The van der Waals surface area contributed by atoms with Crippen LogP contribution >= 0.6 is 24.0 Å². The minimum absolute atomic E-state index is 0.172. The number of thiocarbonyl (C=S) groups is 1. The third kappa shape index (κ3) is 5.67. The van der Waals surface area contributed by atoms with E-state index in [0.29, 0.717) is 16.0 Å². The SMILES string of the molecule is CN(C)C(=S)SCC(=O)OC(C)(C)C1CC[NH2+]CC1. The molecule has 0 aromatic heterocycles. The van der Waals surface area contributed by atoms with Crippen molar-refractivity contribution in [3.05, 3.63) is 0 Å². The van der Waals surface area contributed by atoms with E-state index < -0.39 is 0 Å². The van der Waals surface area contributed by atoms with Crippen molar-refractivity contribution in [1.29, 1.82) is 0 Å². The lowest BCUT2D eigenvalue weighted by atomic mass is 9.83. The van der Waals surface area contributed by atoms with Crippen molar-refractivity contribution >= 4 is 34.3 Å². The van der Waals surface area contributed by atoms with Crippen molar-refractivity contribution in [2.45, 2.75) is 32.3 Å². The summed E-state index contributed by atoms with van der Waals surface area (Å²) in [6, 6.07) is 0. The molecule has 0 aromatic carbocycles. The van der Waals surface area contributed by atoms with Crippen molar-refractivity contribution in [2.24, 2.45) is 5.92 Å². The molecular weight excluding hydrogens is 280 g/mol. The van der Waals surface area contributed by atoms with Gasteiger partial charge in [-0.15, -0.1) is 0 Å². The van der Waals surface area contributed by atoms with Crippen LogP contribution in [0.1, 0.15) is 26.7 Å². The Kier molecular flexibility index (Phi) is 6.56. The van der Waals surface area contributed by atoms with E-state index in [1.807, 2.05) is 32.8 Å². The van der Waals surface area contributed by atoms with Crippen LogP contribution in [0.2, 0.25) is 0 Å². The Balaban J connectivity index is 2.39. The number of quaternary nitrogens is 1. The van der Waals surface area contributed by atoms with Gasteiger partial charge in [0.05, 0.1) is 18.8 Å². The molecule has 4 nitrogen and oxygen atoms in total. The molecule has 0 radical (unpaired) electrons. The first-order valence-electron chi connectivity index (χ1n) is 6.70. The van der Waals surface area contributed by atoms with Gasteiger partial charge >= 0.3 is 5.97 Å². The minimum atomic E-state index is -0.369. The van der Waals surface area contributed by atoms with Gasteiger partial charge in [0.15, 0.2) is 0 Å². The first kappa shape index (κ1) is 16.7. The third-order valence-corrected chi connectivity index (χ3v) is 5.19. The summed E-state index contributed by atoms with van der Waals surface area (Å²) in [5.41, 5.74) is -0.369. The molecule has 0 amide bonds. The molecule has 1 aliphatic heterocycles. The highest BCUT2D eigenvalue weighted by atomic mass is 32.2. The highest BCUT2D eigenvalue weighted by Gasteiger charge is 2.35. The summed E-state index contributed by atoms with van der Waals surface area (Å²) < 4.78 is 6.37. The number of thioether (sulfide) groups is 1. The standard InChI is InChI=1S/C13H24N2O2S2/c1-13(2,10-5-7-14-8-6-10)17-11(16)9-19-12(18)15(3)4/h10,14H,5-9H2,1-4H3/p+1. The molecule has 0 saturated carbocycles. The fourth-order valence-electron chi connectivity index (χ4n) is 2.28. The quantitative estimate of drug-likeness (QED) is 0.617. The van der Waals surface area contributed by atoms with Crippen LogP contribution in [0, 0.1) is 5.92 Å². The minimum Gasteiger partial charge on any atom is -0.459 e. The second-order valence-electron chi connectivity index (χ2n) is 5.67. The van der Waals surface area contributed by atoms with Crippen LogP contribution < -0.4 is 5.32 Å². The van der Waals surface area contributed by atoms with E-state index in [9.17, 15) is 4.79 Å². The van der Waals surface area contributed by atoms with Crippen LogP contribution in [0.15, 0.2) is 0 Å². The lowest BCUT2D eigenvalue weighted by Crippen LogP contribution is -2.86. The van der Waals surface area contributed by atoms with Crippen LogP contribution in [0.3, 0.4) is 0 Å². The largest absolute Gasteiger partial charge is 0.459 e. The fourth-order valence-corrected chi connectivity index (χ4v) is 3.01. The number of carbonyl (C=O) groups excluding carboxylic acids is 1. The smallest absolute Gasteiger partial charge is 0.316 e. The summed E-state index contributed by atoms with van der Waals surface area (Å²) in [6.07, 6.45) is 2.23. The average Bonchev–Trinajstić information content (AvgIpc) is 2.36. The first-order valence-corrected chi connectivity index (χ1v) is 8.10. The molecule has 2 N–H and O–H groups in total. The summed E-state index contributed by atoms with van der Waals surface area (Å²) in [4.78, 5) is 13.7. The van der Waals surface area contributed by atoms with Gasteiger partial charge in [-0.25, -0.2) is 0 Å². The van der Waals surface area contributed by atoms with E-state index in [1.54, 1.807) is 0 Å². The maximum absolute atomic E-state index is 11.9. The van der Waals surface area contributed by atoms with Crippen LogP contribution in [-0.2, 0) is 9.53 Å². The van der Waals surface area contributed by atoms with Gasteiger partial charge in [0.1, 0.15) is 9.92 Å². The van der Waals surface area contributed by atoms with E-state index >= 15 is 0 Å². The van der Waals surface area contributed by atoms with Crippen LogP contribution in [0.25, 0.3) is 0 Å². The highest BCUT2D eigenvalue weighted by Crippen LogP contribution is 2.28. The second kappa shape index (κ2) is 7.45. The summed E-state index contributed by atoms with van der Waals surface area (Å²) in [7, 11) is 3.76. The molecule has 0 unspecified atom stereocenters. The zero-order valence-corrected chi connectivity index (χ0v) is 13.9. The Morgan fingerprint density at radius 3 is 2.53 bits per heavy atom. The van der Waals surface area contributed by atoms with Crippen molar-refractivity contribution in [3.8, 4) is 0 Å². The molecular formula is C13H25N2O2S2+. The van der Waals surface area contributed by atoms with Crippen molar-refractivity contribution in [2.75, 3.05) is 32.9 Å². The van der Waals surface area contributed by atoms with Gasteiger partial charge in [0, 0.05) is 32.9 Å². The Morgan fingerprint density at radius 2 is 2.00 bits per heavy atom. The van der Waals surface area contributed by atoms with Gasteiger partial charge in [-0.05, 0) is 13.8 Å². The van der Waals surface area contributed by atoms with Gasteiger partial charge < -0.3 is 15.0 Å².